The molecular weight excluding hydrogens is 270 g/mol. The summed E-state index contributed by atoms with van der Waals surface area (Å²) in [7, 11) is 0. The Bertz CT molecular complexity index is 705. The molecule has 0 radical (unpaired) electrons. The van der Waals surface area contributed by atoms with E-state index in [9.17, 15) is 9.59 Å². The van der Waals surface area contributed by atoms with Gasteiger partial charge in [0.25, 0.3) is 11.5 Å². The maximum absolute atomic E-state index is 12.2. The Morgan fingerprint density at radius 2 is 2.19 bits per heavy atom. The van der Waals surface area contributed by atoms with Crippen molar-refractivity contribution in [1.82, 2.24) is 15.5 Å². The first-order valence-corrected chi connectivity index (χ1v) is 7.13. The van der Waals surface area contributed by atoms with Gasteiger partial charge in [-0.25, -0.2) is 5.10 Å². The quantitative estimate of drug-likeness (QED) is 0.885. The van der Waals surface area contributed by atoms with Gasteiger partial charge >= 0.3 is 0 Å². The SMILES string of the molecule is O=C(NCC[C@@H]1CCCO1)c1n[nH]c(=O)c2ccccc12. The number of carbonyl (C=O) groups is 1. The van der Waals surface area contributed by atoms with Crippen molar-refractivity contribution in [3.05, 3.63) is 40.3 Å². The molecule has 1 saturated heterocycles. The van der Waals surface area contributed by atoms with Crippen LogP contribution in [-0.4, -0.2) is 35.4 Å². The van der Waals surface area contributed by atoms with E-state index in [0.29, 0.717) is 17.3 Å². The lowest BCUT2D eigenvalue weighted by Gasteiger charge is -2.10. The van der Waals surface area contributed by atoms with E-state index in [4.69, 9.17) is 4.74 Å². The van der Waals surface area contributed by atoms with Gasteiger partial charge in [-0.15, -0.1) is 0 Å². The van der Waals surface area contributed by atoms with Crippen LogP contribution < -0.4 is 10.9 Å². The predicted molar refractivity (Wildman–Crippen MR) is 78.3 cm³/mol. The molecule has 3 rings (SSSR count). The molecule has 0 unspecified atom stereocenters. The molecule has 2 heterocycles. The van der Waals surface area contributed by atoms with Gasteiger partial charge in [0.15, 0.2) is 5.69 Å². The Morgan fingerprint density at radius 3 is 2.95 bits per heavy atom. The van der Waals surface area contributed by atoms with E-state index in [2.05, 4.69) is 15.5 Å². The fourth-order valence-corrected chi connectivity index (χ4v) is 2.59. The highest BCUT2D eigenvalue weighted by Gasteiger charge is 2.17. The summed E-state index contributed by atoms with van der Waals surface area (Å²) in [6.45, 7) is 1.35. The summed E-state index contributed by atoms with van der Waals surface area (Å²) in [5, 5.41) is 10.1. The molecular formula is C15H17N3O3. The second kappa shape index (κ2) is 6.05. The van der Waals surface area contributed by atoms with Crippen molar-refractivity contribution in [2.45, 2.75) is 25.4 Å². The van der Waals surface area contributed by atoms with Crippen LogP contribution in [0.15, 0.2) is 29.1 Å². The summed E-state index contributed by atoms with van der Waals surface area (Å²) in [6.07, 6.45) is 3.18. The molecule has 0 bridgehead atoms. The van der Waals surface area contributed by atoms with E-state index in [1.54, 1.807) is 24.3 Å². The van der Waals surface area contributed by atoms with E-state index < -0.39 is 0 Å². The van der Waals surface area contributed by atoms with Crippen LogP contribution in [0.1, 0.15) is 29.8 Å². The molecule has 2 N–H and O–H groups in total. The molecule has 1 fully saturated rings. The number of H-pyrrole nitrogens is 1. The normalized spacial score (nSPS) is 18.0. The Labute approximate surface area is 121 Å². The van der Waals surface area contributed by atoms with Crippen molar-refractivity contribution in [2.24, 2.45) is 0 Å². The van der Waals surface area contributed by atoms with E-state index in [1.165, 1.54) is 0 Å². The Kier molecular flexibility index (Phi) is 3.96. The maximum Gasteiger partial charge on any atom is 0.272 e. The topological polar surface area (TPSA) is 84.1 Å². The van der Waals surface area contributed by atoms with Gasteiger partial charge in [-0.3, -0.25) is 9.59 Å². The van der Waals surface area contributed by atoms with E-state index in [1.807, 2.05) is 0 Å². The minimum absolute atomic E-state index is 0.241. The monoisotopic (exact) mass is 287 g/mol. The van der Waals surface area contributed by atoms with Crippen molar-refractivity contribution in [2.75, 3.05) is 13.2 Å². The lowest BCUT2D eigenvalue weighted by molar-refractivity contribution is 0.0904. The highest BCUT2D eigenvalue weighted by molar-refractivity contribution is 6.04. The predicted octanol–water partition coefficient (Wildman–Crippen LogP) is 1.22. The first-order chi connectivity index (χ1) is 10.3. The zero-order chi connectivity index (χ0) is 14.7. The average molecular weight is 287 g/mol. The molecule has 6 nitrogen and oxygen atoms in total. The van der Waals surface area contributed by atoms with Crippen molar-refractivity contribution in [3.8, 4) is 0 Å². The summed E-state index contributed by atoms with van der Waals surface area (Å²) in [6, 6.07) is 6.95. The summed E-state index contributed by atoms with van der Waals surface area (Å²) in [5.41, 5.74) is -0.0426. The number of benzene rings is 1. The van der Waals surface area contributed by atoms with Gasteiger partial charge < -0.3 is 10.1 Å². The standard InChI is InChI=1S/C15H17N3O3/c19-14-12-6-2-1-5-11(12)13(17-18-14)15(20)16-8-7-10-4-3-9-21-10/h1-2,5-6,10H,3-4,7-9H2,(H,16,20)(H,18,19)/t10-/m0/s1. The maximum atomic E-state index is 12.2. The molecule has 1 aromatic carbocycles. The number of nitrogens with zero attached hydrogens (tertiary/aromatic N) is 1. The van der Waals surface area contributed by atoms with Gasteiger partial charge in [0.1, 0.15) is 0 Å². The first-order valence-electron chi connectivity index (χ1n) is 7.13. The molecule has 1 aromatic heterocycles. The minimum atomic E-state index is -0.290. The van der Waals surface area contributed by atoms with Gasteiger partial charge in [-0.05, 0) is 25.3 Å². The Hall–Kier alpha value is -2.21. The number of nitrogens with one attached hydrogen (secondary N) is 2. The highest BCUT2D eigenvalue weighted by atomic mass is 16.5. The smallest absolute Gasteiger partial charge is 0.272 e. The molecule has 21 heavy (non-hydrogen) atoms. The third-order valence-electron chi connectivity index (χ3n) is 3.69. The van der Waals surface area contributed by atoms with Crippen LogP contribution in [0, 0.1) is 0 Å². The third kappa shape index (κ3) is 2.95. The van der Waals surface area contributed by atoms with Gasteiger partial charge in [0.05, 0.1) is 11.5 Å². The summed E-state index contributed by atoms with van der Waals surface area (Å²) in [5.74, 6) is -0.277. The number of carbonyl (C=O) groups excluding carboxylic acids is 1. The zero-order valence-electron chi connectivity index (χ0n) is 11.6. The molecule has 1 atom stereocenters. The first kappa shape index (κ1) is 13.8. The molecule has 110 valence electrons. The van der Waals surface area contributed by atoms with E-state index in [0.717, 1.165) is 25.9 Å². The summed E-state index contributed by atoms with van der Waals surface area (Å²) < 4.78 is 5.51. The number of rotatable bonds is 4. The molecule has 6 heteroatoms. The number of hydrogen-bond acceptors (Lipinski definition) is 4. The summed E-state index contributed by atoms with van der Waals surface area (Å²) in [4.78, 5) is 23.9. The third-order valence-corrected chi connectivity index (χ3v) is 3.69. The number of amides is 1. The minimum Gasteiger partial charge on any atom is -0.378 e. The molecule has 0 aliphatic carbocycles. The number of ether oxygens (including phenoxy) is 1. The van der Waals surface area contributed by atoms with Crippen molar-refractivity contribution < 1.29 is 9.53 Å². The van der Waals surface area contributed by atoms with Crippen LogP contribution in [0.4, 0.5) is 0 Å². The van der Waals surface area contributed by atoms with Crippen LogP contribution in [-0.2, 0) is 4.74 Å². The fraction of sp³-hybridized carbons (Fsp3) is 0.400. The summed E-state index contributed by atoms with van der Waals surface area (Å²) >= 11 is 0. The highest BCUT2D eigenvalue weighted by Crippen LogP contribution is 2.15. The average Bonchev–Trinajstić information content (AvgIpc) is 3.01. The second-order valence-corrected chi connectivity index (χ2v) is 5.13. The Balaban J connectivity index is 1.72. The van der Waals surface area contributed by atoms with Gasteiger partial charge in [0, 0.05) is 18.5 Å². The molecule has 0 spiro atoms. The van der Waals surface area contributed by atoms with Crippen LogP contribution >= 0.6 is 0 Å². The van der Waals surface area contributed by atoms with Crippen LogP contribution in [0.2, 0.25) is 0 Å². The number of fused-ring (bicyclic) bond motifs is 1. The lowest BCUT2D eigenvalue weighted by atomic mass is 10.1. The van der Waals surface area contributed by atoms with Gasteiger partial charge in [-0.1, -0.05) is 18.2 Å². The number of hydrogen-bond donors (Lipinski definition) is 2. The van der Waals surface area contributed by atoms with E-state index >= 15 is 0 Å². The van der Waals surface area contributed by atoms with Crippen molar-refractivity contribution in [1.29, 1.82) is 0 Å². The van der Waals surface area contributed by atoms with Crippen molar-refractivity contribution >= 4 is 16.7 Å². The van der Waals surface area contributed by atoms with Crippen LogP contribution in [0.5, 0.6) is 0 Å². The number of aromatic amines is 1. The van der Waals surface area contributed by atoms with Gasteiger partial charge in [0.2, 0.25) is 0 Å². The molecule has 1 aliphatic rings. The van der Waals surface area contributed by atoms with Gasteiger partial charge in [-0.2, -0.15) is 5.10 Å². The second-order valence-electron chi connectivity index (χ2n) is 5.13. The fourth-order valence-electron chi connectivity index (χ4n) is 2.59. The van der Waals surface area contributed by atoms with Crippen LogP contribution in [0.3, 0.4) is 0 Å². The Morgan fingerprint density at radius 1 is 1.38 bits per heavy atom. The van der Waals surface area contributed by atoms with Crippen molar-refractivity contribution in [3.63, 3.8) is 0 Å². The molecule has 2 aromatic rings. The largest absolute Gasteiger partial charge is 0.378 e. The van der Waals surface area contributed by atoms with E-state index in [-0.39, 0.29) is 23.3 Å². The molecule has 1 amide bonds. The molecule has 1 aliphatic heterocycles. The lowest BCUT2D eigenvalue weighted by Crippen LogP contribution is -2.29. The zero-order valence-corrected chi connectivity index (χ0v) is 11.6. The van der Waals surface area contributed by atoms with Crippen LogP contribution in [0.25, 0.3) is 10.8 Å². The molecule has 0 saturated carbocycles. The number of aromatic nitrogens is 2.